The van der Waals surface area contributed by atoms with Crippen molar-refractivity contribution in [1.29, 1.82) is 0 Å². The van der Waals surface area contributed by atoms with Gasteiger partial charge in [-0.2, -0.15) is 0 Å². The number of nitrogens with one attached hydrogen (secondary N) is 1. The first-order valence-electron chi connectivity index (χ1n) is 9.10. The molecule has 0 radical (unpaired) electrons. The highest BCUT2D eigenvalue weighted by Gasteiger charge is 2.18. The molecule has 0 heterocycles. The maximum absolute atomic E-state index is 12.8. The van der Waals surface area contributed by atoms with Crippen LogP contribution < -0.4 is 15.0 Å². The van der Waals surface area contributed by atoms with Crippen LogP contribution >= 0.6 is 12.2 Å². The summed E-state index contributed by atoms with van der Waals surface area (Å²) in [6, 6.07) is 16.6. The Morgan fingerprint density at radius 3 is 2.59 bits per heavy atom. The number of carbonyl (C=O) groups is 1. The average Bonchev–Trinajstić information content (AvgIpc) is 2.65. The van der Waals surface area contributed by atoms with Gasteiger partial charge in [0, 0.05) is 24.0 Å². The lowest BCUT2D eigenvalue weighted by Crippen LogP contribution is -2.36. The lowest BCUT2D eigenvalue weighted by Gasteiger charge is -2.22. The first kappa shape index (κ1) is 20.9. The first-order valence-corrected chi connectivity index (χ1v) is 9.50. The van der Waals surface area contributed by atoms with Crippen LogP contribution in [0, 0.1) is 0 Å². The minimum atomic E-state index is -0.448. The lowest BCUT2D eigenvalue weighted by molar-refractivity contribution is 0.135. The molecular formula is C21H26N2O3S. The number of carbonyl (C=O) groups excluding carboxylic acids is 1. The van der Waals surface area contributed by atoms with Crippen LogP contribution in [0.5, 0.6) is 5.75 Å². The van der Waals surface area contributed by atoms with Gasteiger partial charge in [0.25, 0.3) is 0 Å². The summed E-state index contributed by atoms with van der Waals surface area (Å²) in [4.78, 5) is 15.0. The maximum Gasteiger partial charge on any atom is 0.419 e. The summed E-state index contributed by atoms with van der Waals surface area (Å²) in [7, 11) is 0. The molecule has 0 fully saturated rings. The number of para-hydroxylation sites is 1. The van der Waals surface area contributed by atoms with Gasteiger partial charge in [0.15, 0.2) is 0 Å². The average molecular weight is 387 g/mol. The van der Waals surface area contributed by atoms with Crippen molar-refractivity contribution >= 4 is 34.7 Å². The van der Waals surface area contributed by atoms with Gasteiger partial charge in [0.1, 0.15) is 5.75 Å². The molecule has 27 heavy (non-hydrogen) atoms. The molecule has 5 nitrogen and oxygen atoms in total. The van der Waals surface area contributed by atoms with Crippen LogP contribution in [0.25, 0.3) is 0 Å². The van der Waals surface area contributed by atoms with Gasteiger partial charge in [0.05, 0.1) is 18.1 Å². The quantitative estimate of drug-likeness (QED) is 0.470. The molecule has 0 unspecified atom stereocenters. The van der Waals surface area contributed by atoms with Gasteiger partial charge in [-0.25, -0.2) is 4.79 Å². The second kappa shape index (κ2) is 11.3. The summed E-state index contributed by atoms with van der Waals surface area (Å²) in [6.07, 6.45) is 1.64. The Morgan fingerprint density at radius 1 is 1.11 bits per heavy atom. The largest absolute Gasteiger partial charge is 0.419 e. The summed E-state index contributed by atoms with van der Waals surface area (Å²) in [5.41, 5.74) is 1.55. The van der Waals surface area contributed by atoms with Crippen LogP contribution in [0.4, 0.5) is 16.2 Å². The molecule has 0 aliphatic rings. The summed E-state index contributed by atoms with van der Waals surface area (Å²) in [5.74, 6) is 0.453. The molecule has 0 spiro atoms. The minimum absolute atomic E-state index is 0.420. The molecule has 2 aromatic carbocycles. The van der Waals surface area contributed by atoms with E-state index < -0.39 is 6.09 Å². The number of thiocarbonyl (C=S) groups is 1. The highest BCUT2D eigenvalue weighted by atomic mass is 32.1. The molecule has 0 bridgehead atoms. The van der Waals surface area contributed by atoms with Crippen LogP contribution in [-0.2, 0) is 4.74 Å². The summed E-state index contributed by atoms with van der Waals surface area (Å²) in [6.45, 7) is 5.48. The monoisotopic (exact) mass is 386 g/mol. The van der Waals surface area contributed by atoms with E-state index in [0.717, 1.165) is 24.2 Å². The summed E-state index contributed by atoms with van der Waals surface area (Å²) >= 11 is 5.05. The van der Waals surface area contributed by atoms with E-state index in [9.17, 15) is 4.79 Å². The molecule has 0 aliphatic heterocycles. The Morgan fingerprint density at radius 2 is 1.89 bits per heavy atom. The number of anilines is 2. The maximum atomic E-state index is 12.8. The van der Waals surface area contributed by atoms with Crippen molar-refractivity contribution in [3.05, 3.63) is 54.6 Å². The Kier molecular flexibility index (Phi) is 8.74. The number of ether oxygens (including phenoxy) is 2. The Labute approximate surface area is 166 Å². The van der Waals surface area contributed by atoms with E-state index in [1.165, 1.54) is 0 Å². The van der Waals surface area contributed by atoms with E-state index in [2.05, 4.69) is 12.2 Å². The number of hydrogen-bond donors (Lipinski definition) is 1. The standard InChI is InChI=1S/C21H26N2O3S/c1-3-4-14-25-15-13-23(19-10-6-5-7-11-19)21(24)26-20-12-8-9-18(16-20)22-17(2)27/h5-12,16H,3-4,13-15H2,1-2H3,(H,22,27). The Hall–Kier alpha value is -2.44. The van der Waals surface area contributed by atoms with Gasteiger partial charge >= 0.3 is 6.09 Å². The fraction of sp³-hybridized carbons (Fsp3) is 0.333. The van der Waals surface area contributed by atoms with Crippen molar-refractivity contribution in [2.45, 2.75) is 26.7 Å². The van der Waals surface area contributed by atoms with Crippen LogP contribution in [0.1, 0.15) is 26.7 Å². The fourth-order valence-electron chi connectivity index (χ4n) is 2.43. The van der Waals surface area contributed by atoms with Gasteiger partial charge in [-0.05, 0) is 37.6 Å². The molecular weight excluding hydrogens is 360 g/mol. The zero-order valence-corrected chi connectivity index (χ0v) is 16.6. The molecule has 6 heteroatoms. The van der Waals surface area contributed by atoms with Crippen molar-refractivity contribution in [2.24, 2.45) is 0 Å². The molecule has 0 saturated carbocycles. The summed E-state index contributed by atoms with van der Waals surface area (Å²) in [5, 5.41) is 3.04. The van der Waals surface area contributed by atoms with Crippen molar-refractivity contribution in [3.63, 3.8) is 0 Å². The van der Waals surface area contributed by atoms with Crippen molar-refractivity contribution in [1.82, 2.24) is 0 Å². The van der Waals surface area contributed by atoms with E-state index >= 15 is 0 Å². The van der Waals surface area contributed by atoms with E-state index in [1.807, 2.05) is 42.5 Å². The van der Waals surface area contributed by atoms with E-state index in [0.29, 0.717) is 30.5 Å². The molecule has 1 amide bonds. The van der Waals surface area contributed by atoms with E-state index in [4.69, 9.17) is 21.7 Å². The number of rotatable bonds is 9. The minimum Gasteiger partial charge on any atom is -0.410 e. The Bertz CT molecular complexity index is 737. The number of hydrogen-bond acceptors (Lipinski definition) is 4. The molecule has 0 aromatic heterocycles. The number of unbranched alkanes of at least 4 members (excludes halogenated alkanes) is 1. The molecule has 144 valence electrons. The van der Waals surface area contributed by atoms with Crippen LogP contribution in [-0.4, -0.2) is 30.8 Å². The highest BCUT2D eigenvalue weighted by Crippen LogP contribution is 2.20. The molecule has 2 aromatic rings. The van der Waals surface area contributed by atoms with Gasteiger partial charge in [-0.3, -0.25) is 4.90 Å². The number of benzene rings is 2. The fourth-order valence-corrected chi connectivity index (χ4v) is 2.55. The Balaban J connectivity index is 2.05. The van der Waals surface area contributed by atoms with E-state index in [1.54, 1.807) is 24.0 Å². The third kappa shape index (κ3) is 7.37. The highest BCUT2D eigenvalue weighted by molar-refractivity contribution is 7.80. The van der Waals surface area contributed by atoms with Gasteiger partial charge in [0.2, 0.25) is 0 Å². The predicted octanol–water partition coefficient (Wildman–Crippen LogP) is 5.27. The number of nitrogens with zero attached hydrogens (tertiary/aromatic N) is 1. The van der Waals surface area contributed by atoms with Crippen molar-refractivity contribution in [3.8, 4) is 5.75 Å². The first-order chi connectivity index (χ1) is 13.1. The third-order valence-electron chi connectivity index (χ3n) is 3.75. The molecule has 2 rings (SSSR count). The van der Waals surface area contributed by atoms with Crippen molar-refractivity contribution in [2.75, 3.05) is 30.0 Å². The van der Waals surface area contributed by atoms with Crippen LogP contribution in [0.15, 0.2) is 54.6 Å². The second-order valence-corrected chi connectivity index (χ2v) is 6.64. The van der Waals surface area contributed by atoms with E-state index in [-0.39, 0.29) is 0 Å². The smallest absolute Gasteiger partial charge is 0.410 e. The van der Waals surface area contributed by atoms with Crippen molar-refractivity contribution < 1.29 is 14.3 Å². The molecule has 0 aliphatic carbocycles. The normalized spacial score (nSPS) is 10.3. The molecule has 1 N–H and O–H groups in total. The van der Waals surface area contributed by atoms with Gasteiger partial charge < -0.3 is 14.8 Å². The SMILES string of the molecule is CCCCOCCN(C(=O)Oc1cccc(NC(C)=S)c1)c1ccccc1. The number of amides is 1. The zero-order chi connectivity index (χ0) is 19.5. The van der Waals surface area contributed by atoms with Crippen LogP contribution in [0.3, 0.4) is 0 Å². The van der Waals surface area contributed by atoms with Gasteiger partial charge in [-0.15, -0.1) is 0 Å². The van der Waals surface area contributed by atoms with Gasteiger partial charge in [-0.1, -0.05) is 49.8 Å². The lowest BCUT2D eigenvalue weighted by atomic mass is 10.3. The summed E-state index contributed by atoms with van der Waals surface area (Å²) < 4.78 is 11.2. The molecule has 0 atom stereocenters. The topological polar surface area (TPSA) is 50.8 Å². The zero-order valence-electron chi connectivity index (χ0n) is 15.8. The third-order valence-corrected chi connectivity index (χ3v) is 3.85. The molecule has 0 saturated heterocycles. The predicted molar refractivity (Wildman–Crippen MR) is 114 cm³/mol. The second-order valence-electron chi connectivity index (χ2n) is 6.03. The van der Waals surface area contributed by atoms with Crippen LogP contribution in [0.2, 0.25) is 0 Å².